The molecule has 1 aromatic rings. The van der Waals surface area contributed by atoms with E-state index in [1.807, 2.05) is 6.07 Å². The molecule has 0 aromatic carbocycles. The van der Waals surface area contributed by atoms with Gasteiger partial charge < -0.3 is 10.1 Å². The number of halogens is 1. The fourth-order valence-corrected chi connectivity index (χ4v) is 1.59. The van der Waals surface area contributed by atoms with E-state index >= 15 is 0 Å². The first-order valence-electron chi connectivity index (χ1n) is 4.42. The third kappa shape index (κ3) is 3.27. The van der Waals surface area contributed by atoms with Crippen LogP contribution in [0.25, 0.3) is 0 Å². The van der Waals surface area contributed by atoms with E-state index in [2.05, 4.69) is 40.1 Å². The Hall–Kier alpha value is -0.610. The molecule has 4 heteroatoms. The number of hydrogen-bond acceptors (Lipinski definition) is 3. The van der Waals surface area contributed by atoms with E-state index in [1.54, 1.807) is 19.5 Å². The Kier molecular flexibility index (Phi) is 3.89. The third-order valence-electron chi connectivity index (χ3n) is 1.75. The Morgan fingerprint density at radius 3 is 2.86 bits per heavy atom. The number of anilines is 1. The lowest BCUT2D eigenvalue weighted by atomic mass is 10.1. The van der Waals surface area contributed by atoms with Crippen molar-refractivity contribution in [3.63, 3.8) is 0 Å². The minimum atomic E-state index is -0.0847. The van der Waals surface area contributed by atoms with E-state index in [0.29, 0.717) is 6.61 Å². The molecule has 0 spiro atoms. The molecule has 14 heavy (non-hydrogen) atoms. The molecule has 0 aliphatic heterocycles. The van der Waals surface area contributed by atoms with Gasteiger partial charge in [-0.2, -0.15) is 0 Å². The average Bonchev–Trinajstić information content (AvgIpc) is 2.08. The molecule has 0 aliphatic carbocycles. The predicted octanol–water partition coefficient (Wildman–Crippen LogP) is 2.68. The maximum Gasteiger partial charge on any atom is 0.0687 e. The van der Waals surface area contributed by atoms with Crippen LogP contribution in [0.15, 0.2) is 22.9 Å². The molecular weight excluding hydrogens is 244 g/mol. The summed E-state index contributed by atoms with van der Waals surface area (Å²) in [6.45, 7) is 4.83. The monoisotopic (exact) mass is 258 g/mol. The summed E-state index contributed by atoms with van der Waals surface area (Å²) >= 11 is 3.43. The lowest BCUT2D eigenvalue weighted by Gasteiger charge is -2.27. The maximum atomic E-state index is 5.13. The summed E-state index contributed by atoms with van der Waals surface area (Å²) in [5.41, 5.74) is 0.945. The van der Waals surface area contributed by atoms with Crippen LogP contribution < -0.4 is 5.32 Å². The molecule has 1 heterocycles. The van der Waals surface area contributed by atoms with E-state index in [1.165, 1.54) is 0 Å². The van der Waals surface area contributed by atoms with Crippen LogP contribution in [0.5, 0.6) is 0 Å². The number of nitrogens with one attached hydrogen (secondary N) is 1. The minimum absolute atomic E-state index is 0.0847. The lowest BCUT2D eigenvalue weighted by Crippen LogP contribution is -2.35. The molecule has 1 N–H and O–H groups in total. The van der Waals surface area contributed by atoms with E-state index in [4.69, 9.17) is 4.74 Å². The molecule has 0 atom stereocenters. The fraction of sp³-hybridized carbons (Fsp3) is 0.500. The van der Waals surface area contributed by atoms with Gasteiger partial charge in [-0.05, 0) is 35.8 Å². The molecule has 0 bridgehead atoms. The summed E-state index contributed by atoms with van der Waals surface area (Å²) in [5, 5.41) is 3.38. The first kappa shape index (κ1) is 11.5. The number of aromatic nitrogens is 1. The Morgan fingerprint density at radius 1 is 1.57 bits per heavy atom. The van der Waals surface area contributed by atoms with Gasteiger partial charge in [0.15, 0.2) is 0 Å². The molecule has 0 radical (unpaired) electrons. The van der Waals surface area contributed by atoms with Gasteiger partial charge >= 0.3 is 0 Å². The zero-order valence-electron chi connectivity index (χ0n) is 8.67. The van der Waals surface area contributed by atoms with Gasteiger partial charge in [0.25, 0.3) is 0 Å². The summed E-state index contributed by atoms with van der Waals surface area (Å²) in [6, 6.07) is 1.93. The van der Waals surface area contributed by atoms with Crippen LogP contribution in [0.4, 0.5) is 5.69 Å². The first-order chi connectivity index (χ1) is 6.55. The van der Waals surface area contributed by atoms with Crippen molar-refractivity contribution in [3.05, 3.63) is 22.9 Å². The van der Waals surface area contributed by atoms with Crippen molar-refractivity contribution in [2.45, 2.75) is 19.4 Å². The first-order valence-corrected chi connectivity index (χ1v) is 5.21. The Morgan fingerprint density at radius 2 is 2.29 bits per heavy atom. The smallest absolute Gasteiger partial charge is 0.0687 e. The summed E-state index contributed by atoms with van der Waals surface area (Å²) in [7, 11) is 1.70. The molecular formula is C10H15BrN2O. The van der Waals surface area contributed by atoms with Crippen molar-refractivity contribution in [1.82, 2.24) is 4.98 Å². The highest BCUT2D eigenvalue weighted by atomic mass is 79.9. The number of nitrogens with zero attached hydrogens (tertiary/aromatic N) is 1. The van der Waals surface area contributed by atoms with Crippen molar-refractivity contribution in [1.29, 1.82) is 0 Å². The topological polar surface area (TPSA) is 34.1 Å². The summed E-state index contributed by atoms with van der Waals surface area (Å²) in [4.78, 5) is 4.00. The van der Waals surface area contributed by atoms with Gasteiger partial charge in [0.1, 0.15) is 0 Å². The number of rotatable bonds is 4. The molecule has 0 aliphatic rings. The lowest BCUT2D eigenvalue weighted by molar-refractivity contribution is 0.158. The average molecular weight is 259 g/mol. The van der Waals surface area contributed by atoms with Crippen LogP contribution in [-0.4, -0.2) is 24.2 Å². The van der Waals surface area contributed by atoms with Crippen molar-refractivity contribution in [2.24, 2.45) is 0 Å². The number of ether oxygens (including phenoxy) is 1. The van der Waals surface area contributed by atoms with Gasteiger partial charge in [-0.15, -0.1) is 0 Å². The largest absolute Gasteiger partial charge is 0.382 e. The van der Waals surface area contributed by atoms with Gasteiger partial charge in [-0.25, -0.2) is 0 Å². The zero-order chi connectivity index (χ0) is 10.6. The van der Waals surface area contributed by atoms with Crippen LogP contribution in [0.1, 0.15) is 13.8 Å². The van der Waals surface area contributed by atoms with Crippen molar-refractivity contribution in [3.8, 4) is 0 Å². The highest BCUT2D eigenvalue weighted by Gasteiger charge is 2.17. The quantitative estimate of drug-likeness (QED) is 0.902. The molecule has 0 saturated heterocycles. The standard InChI is InChI=1S/C10H15BrN2O/c1-10(2,7-14-3)13-9-4-5-12-6-8(9)11/h4-6H,7H2,1-3H3,(H,12,13). The summed E-state index contributed by atoms with van der Waals surface area (Å²) < 4.78 is 6.09. The Labute approximate surface area is 93.0 Å². The van der Waals surface area contributed by atoms with Crippen LogP contribution in [-0.2, 0) is 4.74 Å². The van der Waals surface area contributed by atoms with Crippen molar-refractivity contribution >= 4 is 21.6 Å². The number of hydrogen-bond donors (Lipinski definition) is 1. The molecule has 78 valence electrons. The van der Waals surface area contributed by atoms with E-state index < -0.39 is 0 Å². The Balaban J connectivity index is 2.73. The fourth-order valence-electron chi connectivity index (χ4n) is 1.24. The molecule has 3 nitrogen and oxygen atoms in total. The normalized spacial score (nSPS) is 11.4. The maximum absolute atomic E-state index is 5.13. The number of pyridine rings is 1. The predicted molar refractivity (Wildman–Crippen MR) is 61.5 cm³/mol. The molecule has 1 rings (SSSR count). The van der Waals surface area contributed by atoms with Crippen LogP contribution in [0, 0.1) is 0 Å². The van der Waals surface area contributed by atoms with Gasteiger partial charge in [-0.3, -0.25) is 4.98 Å². The zero-order valence-corrected chi connectivity index (χ0v) is 10.3. The highest BCUT2D eigenvalue weighted by molar-refractivity contribution is 9.10. The van der Waals surface area contributed by atoms with E-state index in [-0.39, 0.29) is 5.54 Å². The molecule has 0 unspecified atom stereocenters. The molecule has 0 saturated carbocycles. The minimum Gasteiger partial charge on any atom is -0.382 e. The Bertz CT molecular complexity index is 302. The van der Waals surface area contributed by atoms with Gasteiger partial charge in [0, 0.05) is 19.5 Å². The summed E-state index contributed by atoms with van der Waals surface area (Å²) in [6.07, 6.45) is 3.53. The second kappa shape index (κ2) is 4.75. The second-order valence-corrected chi connectivity index (χ2v) is 4.65. The van der Waals surface area contributed by atoms with Crippen LogP contribution in [0.2, 0.25) is 0 Å². The van der Waals surface area contributed by atoms with Gasteiger partial charge in [0.2, 0.25) is 0 Å². The summed E-state index contributed by atoms with van der Waals surface area (Å²) in [5.74, 6) is 0. The van der Waals surface area contributed by atoms with Gasteiger partial charge in [0.05, 0.1) is 22.3 Å². The van der Waals surface area contributed by atoms with Gasteiger partial charge in [-0.1, -0.05) is 0 Å². The van der Waals surface area contributed by atoms with Crippen molar-refractivity contribution < 1.29 is 4.74 Å². The molecule has 1 aromatic heterocycles. The van der Waals surface area contributed by atoms with Crippen LogP contribution in [0.3, 0.4) is 0 Å². The SMILES string of the molecule is COCC(C)(C)Nc1ccncc1Br. The second-order valence-electron chi connectivity index (χ2n) is 3.80. The number of methoxy groups -OCH3 is 1. The van der Waals surface area contributed by atoms with Crippen molar-refractivity contribution in [2.75, 3.05) is 19.0 Å². The molecule has 0 amide bonds. The third-order valence-corrected chi connectivity index (χ3v) is 2.38. The highest BCUT2D eigenvalue weighted by Crippen LogP contribution is 2.23. The van der Waals surface area contributed by atoms with Crippen LogP contribution >= 0.6 is 15.9 Å². The van der Waals surface area contributed by atoms with E-state index in [9.17, 15) is 0 Å². The molecule has 0 fully saturated rings. The van der Waals surface area contributed by atoms with E-state index in [0.717, 1.165) is 10.2 Å².